The number of rotatable bonds is 5. The predicted octanol–water partition coefficient (Wildman–Crippen LogP) is 3.43. The van der Waals surface area contributed by atoms with Crippen molar-refractivity contribution in [1.82, 2.24) is 9.88 Å². The van der Waals surface area contributed by atoms with Crippen LogP contribution in [0.1, 0.15) is 22.5 Å². The summed E-state index contributed by atoms with van der Waals surface area (Å²) >= 11 is 1.69. The normalized spacial score (nSPS) is 19.5. The van der Waals surface area contributed by atoms with E-state index in [1.165, 1.54) is 6.07 Å². The molecule has 2 heterocycles. The van der Waals surface area contributed by atoms with Crippen molar-refractivity contribution < 1.29 is 14.3 Å². The van der Waals surface area contributed by atoms with E-state index in [0.29, 0.717) is 23.4 Å². The van der Waals surface area contributed by atoms with Crippen LogP contribution in [0.3, 0.4) is 0 Å². The molecular formula is C21H21FN2O2S. The van der Waals surface area contributed by atoms with Crippen molar-refractivity contribution in [3.63, 3.8) is 0 Å². The van der Waals surface area contributed by atoms with Gasteiger partial charge in [0, 0.05) is 28.8 Å². The van der Waals surface area contributed by atoms with Crippen LogP contribution in [0.2, 0.25) is 0 Å². The second-order valence-electron chi connectivity index (χ2n) is 6.98. The van der Waals surface area contributed by atoms with E-state index in [0.717, 1.165) is 16.7 Å². The average Bonchev–Trinajstić information content (AvgIpc) is 3.26. The van der Waals surface area contributed by atoms with E-state index in [1.54, 1.807) is 30.0 Å². The molecule has 1 aromatic heterocycles. The lowest BCUT2D eigenvalue weighted by molar-refractivity contribution is 0.0609. The van der Waals surface area contributed by atoms with Crippen LogP contribution in [0.25, 0.3) is 10.9 Å². The first-order valence-corrected chi connectivity index (χ1v) is 10.1. The molecule has 0 unspecified atom stereocenters. The van der Waals surface area contributed by atoms with Crippen LogP contribution < -0.4 is 5.32 Å². The van der Waals surface area contributed by atoms with Crippen LogP contribution >= 0.6 is 11.8 Å². The molecule has 4 rings (SSSR count). The van der Waals surface area contributed by atoms with Crippen molar-refractivity contribution in [2.24, 2.45) is 0 Å². The maximum absolute atomic E-state index is 14.2. The molecule has 2 aromatic carbocycles. The second-order valence-corrected chi connectivity index (χ2v) is 8.08. The average molecular weight is 384 g/mol. The zero-order valence-corrected chi connectivity index (χ0v) is 15.6. The number of thioether (sulfide) groups is 1. The smallest absolute Gasteiger partial charge is 0.268 e. The Bertz CT molecular complexity index is 979. The van der Waals surface area contributed by atoms with Crippen molar-refractivity contribution in [1.29, 1.82) is 0 Å². The highest BCUT2D eigenvalue weighted by atomic mass is 32.2. The van der Waals surface area contributed by atoms with E-state index < -0.39 is 5.60 Å². The maximum Gasteiger partial charge on any atom is 0.268 e. The quantitative estimate of drug-likeness (QED) is 0.709. The van der Waals surface area contributed by atoms with Gasteiger partial charge in [-0.2, -0.15) is 11.8 Å². The molecule has 1 aliphatic rings. The molecule has 1 atom stereocenters. The summed E-state index contributed by atoms with van der Waals surface area (Å²) in [6.07, 6.45) is 0.677. The molecule has 140 valence electrons. The number of halogens is 1. The third kappa shape index (κ3) is 3.73. The number of carbonyl (C=O) groups is 1. The largest absolute Gasteiger partial charge is 0.387 e. The lowest BCUT2D eigenvalue weighted by Crippen LogP contribution is -2.43. The number of amides is 1. The van der Waals surface area contributed by atoms with Gasteiger partial charge in [0.25, 0.3) is 5.91 Å². The molecule has 3 aromatic rings. The number of benzene rings is 2. The summed E-state index contributed by atoms with van der Waals surface area (Å²) in [5.74, 6) is 0.984. The summed E-state index contributed by atoms with van der Waals surface area (Å²) in [5, 5.41) is 14.3. The van der Waals surface area contributed by atoms with Crippen LogP contribution in [0.4, 0.5) is 4.39 Å². The highest BCUT2D eigenvalue weighted by Gasteiger charge is 2.32. The van der Waals surface area contributed by atoms with Crippen LogP contribution in [0.5, 0.6) is 0 Å². The highest BCUT2D eigenvalue weighted by Crippen LogP contribution is 2.27. The van der Waals surface area contributed by atoms with E-state index in [2.05, 4.69) is 5.32 Å². The number of nitrogens with one attached hydrogen (secondary N) is 1. The number of hydrogen-bond acceptors (Lipinski definition) is 3. The summed E-state index contributed by atoms with van der Waals surface area (Å²) in [6.45, 7) is 0.489. The summed E-state index contributed by atoms with van der Waals surface area (Å²) in [7, 11) is 0. The minimum atomic E-state index is -0.845. The number of nitrogens with zero attached hydrogens (tertiary/aromatic N) is 1. The summed E-state index contributed by atoms with van der Waals surface area (Å²) < 4.78 is 16.0. The van der Waals surface area contributed by atoms with Crippen LogP contribution in [0.15, 0.2) is 54.6 Å². The molecule has 4 nitrogen and oxygen atoms in total. The van der Waals surface area contributed by atoms with Gasteiger partial charge in [-0.15, -0.1) is 0 Å². The van der Waals surface area contributed by atoms with Gasteiger partial charge in [-0.05, 0) is 30.4 Å². The fourth-order valence-electron chi connectivity index (χ4n) is 3.44. The Kier molecular flexibility index (Phi) is 4.93. The zero-order valence-electron chi connectivity index (χ0n) is 14.8. The van der Waals surface area contributed by atoms with Gasteiger partial charge in [0.2, 0.25) is 0 Å². The van der Waals surface area contributed by atoms with Crippen LogP contribution in [-0.4, -0.2) is 39.2 Å². The number of para-hydroxylation sites is 1. The second kappa shape index (κ2) is 7.37. The first-order valence-electron chi connectivity index (χ1n) is 8.96. The third-order valence-electron chi connectivity index (χ3n) is 4.99. The molecule has 0 radical (unpaired) electrons. The lowest BCUT2D eigenvalue weighted by atomic mass is 10.0. The van der Waals surface area contributed by atoms with Crippen molar-refractivity contribution in [3.05, 3.63) is 71.7 Å². The molecule has 0 saturated carbocycles. The molecular weight excluding hydrogens is 363 g/mol. The van der Waals surface area contributed by atoms with Crippen molar-refractivity contribution in [3.8, 4) is 0 Å². The Morgan fingerprint density at radius 3 is 2.78 bits per heavy atom. The molecule has 0 spiro atoms. The van der Waals surface area contributed by atoms with E-state index in [-0.39, 0.29) is 24.8 Å². The highest BCUT2D eigenvalue weighted by molar-refractivity contribution is 7.99. The van der Waals surface area contributed by atoms with Gasteiger partial charge in [0.1, 0.15) is 11.5 Å². The van der Waals surface area contributed by atoms with Gasteiger partial charge in [0.05, 0.1) is 12.1 Å². The molecule has 1 aliphatic heterocycles. The van der Waals surface area contributed by atoms with Crippen molar-refractivity contribution in [2.45, 2.75) is 18.6 Å². The first kappa shape index (κ1) is 18.1. The molecule has 0 bridgehead atoms. The molecule has 27 heavy (non-hydrogen) atoms. The molecule has 2 N–H and O–H groups in total. The number of fused-ring (bicyclic) bond motifs is 1. The van der Waals surface area contributed by atoms with Gasteiger partial charge < -0.3 is 15.0 Å². The van der Waals surface area contributed by atoms with E-state index in [1.807, 2.05) is 34.9 Å². The van der Waals surface area contributed by atoms with Gasteiger partial charge in [0.15, 0.2) is 0 Å². The predicted molar refractivity (Wildman–Crippen MR) is 107 cm³/mol. The maximum atomic E-state index is 14.2. The Balaban J connectivity index is 1.65. The Morgan fingerprint density at radius 2 is 2.00 bits per heavy atom. The number of carbonyl (C=O) groups excluding carboxylic acids is 1. The SMILES string of the molecule is O=C(NC[C@@]1(O)CCSC1)c1cc2ccccc2n1Cc1ccccc1F. The monoisotopic (exact) mass is 384 g/mol. The zero-order chi connectivity index (χ0) is 18.9. The van der Waals surface area contributed by atoms with E-state index in [4.69, 9.17) is 0 Å². The summed E-state index contributed by atoms with van der Waals surface area (Å²) in [6, 6.07) is 16.1. The Hall–Kier alpha value is -2.31. The first-order chi connectivity index (χ1) is 13.1. The molecule has 1 fully saturated rings. The van der Waals surface area contributed by atoms with Gasteiger partial charge in [-0.3, -0.25) is 4.79 Å². The van der Waals surface area contributed by atoms with Crippen LogP contribution in [-0.2, 0) is 6.54 Å². The van der Waals surface area contributed by atoms with Gasteiger partial charge in [-0.25, -0.2) is 4.39 Å². The standard InChI is InChI=1S/C21H21FN2O2S/c22-17-7-3-1-6-16(17)12-24-18-8-4-2-5-15(18)11-19(24)20(25)23-13-21(26)9-10-27-14-21/h1-8,11,26H,9-10,12-14H2,(H,23,25)/t21-/m0/s1. The fraction of sp³-hybridized carbons (Fsp3) is 0.286. The molecule has 0 aliphatic carbocycles. The Labute approximate surface area is 161 Å². The lowest BCUT2D eigenvalue weighted by Gasteiger charge is -2.21. The molecule has 6 heteroatoms. The number of aromatic nitrogens is 1. The Morgan fingerprint density at radius 1 is 1.22 bits per heavy atom. The summed E-state index contributed by atoms with van der Waals surface area (Å²) in [5.41, 5.74) is 1.02. The van der Waals surface area contributed by atoms with Crippen molar-refractivity contribution >= 4 is 28.6 Å². The minimum Gasteiger partial charge on any atom is -0.387 e. The molecule has 1 saturated heterocycles. The summed E-state index contributed by atoms with van der Waals surface area (Å²) in [4.78, 5) is 12.9. The number of aliphatic hydroxyl groups is 1. The van der Waals surface area contributed by atoms with Gasteiger partial charge in [-0.1, -0.05) is 36.4 Å². The molecule has 1 amide bonds. The van der Waals surface area contributed by atoms with Crippen LogP contribution in [0, 0.1) is 5.82 Å². The van der Waals surface area contributed by atoms with Crippen molar-refractivity contribution in [2.75, 3.05) is 18.1 Å². The minimum absolute atomic E-state index is 0.222. The van der Waals surface area contributed by atoms with Gasteiger partial charge >= 0.3 is 0 Å². The third-order valence-corrected chi connectivity index (χ3v) is 6.22. The fourth-order valence-corrected chi connectivity index (χ4v) is 4.73. The number of hydrogen-bond donors (Lipinski definition) is 2. The van der Waals surface area contributed by atoms with E-state index in [9.17, 15) is 14.3 Å². The topological polar surface area (TPSA) is 54.3 Å². The van der Waals surface area contributed by atoms with E-state index >= 15 is 0 Å².